The number of rotatable bonds is 7. The second kappa shape index (κ2) is 7.16. The van der Waals surface area contributed by atoms with Gasteiger partial charge >= 0.3 is 6.18 Å². The lowest BCUT2D eigenvalue weighted by Crippen LogP contribution is -2.14. The van der Waals surface area contributed by atoms with Gasteiger partial charge in [-0.25, -0.2) is 8.78 Å². The topological polar surface area (TPSA) is 64.4 Å². The quantitative estimate of drug-likeness (QED) is 0.363. The molecule has 0 fully saturated rings. The van der Waals surface area contributed by atoms with Crippen molar-refractivity contribution in [3.63, 3.8) is 0 Å². The SMILES string of the molecule is O=[N+]([O-])c1ccc(NCCOCC(F)F)cc1C(F)(F)F. The zero-order valence-corrected chi connectivity index (χ0v) is 10.5. The average Bonchev–Trinajstić information content (AvgIpc) is 2.36. The van der Waals surface area contributed by atoms with Gasteiger partial charge in [0, 0.05) is 18.3 Å². The first-order valence-corrected chi connectivity index (χ1v) is 5.67. The normalized spacial score (nSPS) is 11.7. The highest BCUT2D eigenvalue weighted by Crippen LogP contribution is 2.37. The smallest absolute Gasteiger partial charge is 0.383 e. The van der Waals surface area contributed by atoms with Crippen LogP contribution in [0.25, 0.3) is 0 Å². The van der Waals surface area contributed by atoms with Gasteiger partial charge in [0.15, 0.2) is 0 Å². The number of nitrogens with zero attached hydrogens (tertiary/aromatic N) is 1. The summed E-state index contributed by atoms with van der Waals surface area (Å²) in [6, 6.07) is 2.41. The van der Waals surface area contributed by atoms with Gasteiger partial charge in [-0.15, -0.1) is 0 Å². The molecule has 0 aromatic heterocycles. The Bertz CT molecular complexity index is 493. The summed E-state index contributed by atoms with van der Waals surface area (Å²) in [5, 5.41) is 13.0. The number of halogens is 5. The van der Waals surface area contributed by atoms with Crippen molar-refractivity contribution >= 4 is 11.4 Å². The average molecular weight is 314 g/mol. The Kier molecular flexibility index (Phi) is 5.82. The van der Waals surface area contributed by atoms with Crippen molar-refractivity contribution < 1.29 is 31.6 Å². The molecular weight excluding hydrogens is 303 g/mol. The van der Waals surface area contributed by atoms with Crippen molar-refractivity contribution in [1.29, 1.82) is 0 Å². The Morgan fingerprint density at radius 2 is 2.00 bits per heavy atom. The lowest BCUT2D eigenvalue weighted by molar-refractivity contribution is -0.388. The molecule has 1 aromatic rings. The van der Waals surface area contributed by atoms with Crippen LogP contribution in [0.15, 0.2) is 18.2 Å². The van der Waals surface area contributed by atoms with E-state index in [2.05, 4.69) is 10.1 Å². The Morgan fingerprint density at radius 3 is 2.52 bits per heavy atom. The summed E-state index contributed by atoms with van der Waals surface area (Å²) in [7, 11) is 0. The number of hydrogen-bond acceptors (Lipinski definition) is 4. The van der Waals surface area contributed by atoms with E-state index in [9.17, 15) is 32.1 Å². The van der Waals surface area contributed by atoms with Crippen LogP contribution in [0, 0.1) is 10.1 Å². The van der Waals surface area contributed by atoms with Crippen LogP contribution in [0.5, 0.6) is 0 Å². The fourth-order valence-electron chi connectivity index (χ4n) is 1.47. The number of nitro groups is 1. The zero-order valence-electron chi connectivity index (χ0n) is 10.5. The number of nitro benzene ring substituents is 1. The number of ether oxygens (including phenoxy) is 1. The molecule has 0 radical (unpaired) electrons. The van der Waals surface area contributed by atoms with Crippen LogP contribution in [0.4, 0.5) is 33.3 Å². The third kappa shape index (κ3) is 5.50. The summed E-state index contributed by atoms with van der Waals surface area (Å²) in [6.07, 6.45) is -7.49. The molecule has 1 aromatic carbocycles. The number of hydrogen-bond donors (Lipinski definition) is 1. The van der Waals surface area contributed by atoms with Crippen molar-refractivity contribution in [1.82, 2.24) is 0 Å². The van der Waals surface area contributed by atoms with E-state index in [0.717, 1.165) is 12.1 Å². The van der Waals surface area contributed by atoms with Gasteiger partial charge in [0.1, 0.15) is 12.2 Å². The van der Waals surface area contributed by atoms with Gasteiger partial charge < -0.3 is 10.1 Å². The maximum Gasteiger partial charge on any atom is 0.423 e. The molecule has 0 bridgehead atoms. The number of benzene rings is 1. The molecule has 118 valence electrons. The fraction of sp³-hybridized carbons (Fsp3) is 0.455. The molecule has 0 atom stereocenters. The maximum atomic E-state index is 12.7. The highest BCUT2D eigenvalue weighted by Gasteiger charge is 2.38. The van der Waals surface area contributed by atoms with Crippen LogP contribution >= 0.6 is 0 Å². The molecule has 1 N–H and O–H groups in total. The van der Waals surface area contributed by atoms with Crippen LogP contribution in [0.1, 0.15) is 5.56 Å². The van der Waals surface area contributed by atoms with Gasteiger partial charge in [-0.05, 0) is 12.1 Å². The maximum absolute atomic E-state index is 12.7. The van der Waals surface area contributed by atoms with Crippen LogP contribution in [-0.4, -0.2) is 31.1 Å². The molecule has 0 aliphatic heterocycles. The van der Waals surface area contributed by atoms with Crippen molar-refractivity contribution in [3.8, 4) is 0 Å². The molecule has 0 aliphatic carbocycles. The standard InChI is InChI=1S/C11H11F5N2O3/c12-10(13)6-21-4-3-17-7-1-2-9(18(19)20)8(5-7)11(14,15)16/h1-2,5,10,17H,3-4,6H2. The molecule has 0 aliphatic rings. The monoisotopic (exact) mass is 314 g/mol. The summed E-state index contributed by atoms with van der Waals surface area (Å²) < 4.78 is 66.1. The van der Waals surface area contributed by atoms with Gasteiger partial charge in [-0.3, -0.25) is 10.1 Å². The van der Waals surface area contributed by atoms with E-state index in [1.54, 1.807) is 0 Å². The molecule has 21 heavy (non-hydrogen) atoms. The van der Waals surface area contributed by atoms with E-state index in [1.807, 2.05) is 0 Å². The molecule has 10 heteroatoms. The Balaban J connectivity index is 2.71. The van der Waals surface area contributed by atoms with Crippen molar-refractivity contribution in [2.75, 3.05) is 25.1 Å². The van der Waals surface area contributed by atoms with Crippen molar-refractivity contribution in [2.24, 2.45) is 0 Å². The number of alkyl halides is 5. The van der Waals surface area contributed by atoms with Gasteiger partial charge in [-0.2, -0.15) is 13.2 Å². The third-order valence-corrected chi connectivity index (χ3v) is 2.32. The molecule has 0 saturated heterocycles. The first kappa shape index (κ1) is 17.1. The minimum absolute atomic E-state index is 0.0121. The second-order valence-corrected chi connectivity index (χ2v) is 3.88. The van der Waals surface area contributed by atoms with E-state index >= 15 is 0 Å². The lowest BCUT2D eigenvalue weighted by Gasteiger charge is -2.11. The molecule has 1 rings (SSSR count). The molecule has 0 unspecified atom stereocenters. The van der Waals surface area contributed by atoms with Crippen LogP contribution in [0.3, 0.4) is 0 Å². The van der Waals surface area contributed by atoms with Gasteiger partial charge in [0.25, 0.3) is 12.1 Å². The highest BCUT2D eigenvalue weighted by atomic mass is 19.4. The van der Waals surface area contributed by atoms with E-state index in [-0.39, 0.29) is 18.8 Å². The van der Waals surface area contributed by atoms with Crippen molar-refractivity contribution in [2.45, 2.75) is 12.6 Å². The molecule has 0 saturated carbocycles. The zero-order chi connectivity index (χ0) is 16.0. The Hall–Kier alpha value is -1.97. The summed E-state index contributed by atoms with van der Waals surface area (Å²) in [6.45, 7) is -0.916. The number of anilines is 1. The van der Waals surface area contributed by atoms with E-state index in [0.29, 0.717) is 6.07 Å². The predicted octanol–water partition coefficient (Wildman–Crippen LogP) is 3.31. The molecule has 0 spiro atoms. The largest absolute Gasteiger partial charge is 0.423 e. The second-order valence-electron chi connectivity index (χ2n) is 3.88. The van der Waals surface area contributed by atoms with E-state index in [4.69, 9.17) is 0 Å². The minimum atomic E-state index is -4.87. The van der Waals surface area contributed by atoms with E-state index in [1.165, 1.54) is 0 Å². The third-order valence-electron chi connectivity index (χ3n) is 2.32. The van der Waals surface area contributed by atoms with E-state index < -0.39 is 35.4 Å². The fourth-order valence-corrected chi connectivity index (χ4v) is 1.47. The lowest BCUT2D eigenvalue weighted by atomic mass is 10.1. The predicted molar refractivity (Wildman–Crippen MR) is 63.4 cm³/mol. The Labute approximate surface area is 115 Å². The molecule has 0 amide bonds. The van der Waals surface area contributed by atoms with Crippen LogP contribution in [-0.2, 0) is 10.9 Å². The first-order valence-electron chi connectivity index (χ1n) is 5.67. The summed E-state index contributed by atoms with van der Waals surface area (Å²) in [4.78, 5) is 9.41. The number of nitrogens with one attached hydrogen (secondary N) is 1. The van der Waals surface area contributed by atoms with Crippen molar-refractivity contribution in [3.05, 3.63) is 33.9 Å². The minimum Gasteiger partial charge on any atom is -0.383 e. The summed E-state index contributed by atoms with van der Waals surface area (Å²) in [5.74, 6) is 0. The van der Waals surface area contributed by atoms with Crippen LogP contribution in [0.2, 0.25) is 0 Å². The highest BCUT2D eigenvalue weighted by molar-refractivity contribution is 5.55. The van der Waals surface area contributed by atoms with Crippen LogP contribution < -0.4 is 5.32 Å². The first-order chi connectivity index (χ1) is 9.71. The Morgan fingerprint density at radius 1 is 1.33 bits per heavy atom. The summed E-state index contributed by atoms with van der Waals surface area (Å²) in [5.41, 5.74) is -2.46. The molecular formula is C11H11F5N2O3. The summed E-state index contributed by atoms with van der Waals surface area (Å²) >= 11 is 0. The van der Waals surface area contributed by atoms with Gasteiger partial charge in [0.2, 0.25) is 0 Å². The molecule has 5 nitrogen and oxygen atoms in total. The van der Waals surface area contributed by atoms with Gasteiger partial charge in [0.05, 0.1) is 11.5 Å². The van der Waals surface area contributed by atoms with Gasteiger partial charge in [-0.1, -0.05) is 0 Å². The molecule has 0 heterocycles.